The van der Waals surface area contributed by atoms with Crippen molar-refractivity contribution in [3.63, 3.8) is 0 Å². The Morgan fingerprint density at radius 3 is 2.71 bits per heavy atom. The van der Waals surface area contributed by atoms with Gasteiger partial charge in [0.25, 0.3) is 5.56 Å². The van der Waals surface area contributed by atoms with Crippen LogP contribution in [0, 0.1) is 11.3 Å². The van der Waals surface area contributed by atoms with E-state index in [9.17, 15) is 23.3 Å². The lowest BCUT2D eigenvalue weighted by atomic mass is 10.2. The minimum atomic E-state index is -3.81. The summed E-state index contributed by atoms with van der Waals surface area (Å²) in [6, 6.07) is 8.05. The van der Waals surface area contributed by atoms with Crippen LogP contribution in [0.4, 0.5) is 0 Å². The topological polar surface area (TPSA) is 127 Å². The molecule has 0 radical (unpaired) electrons. The van der Waals surface area contributed by atoms with Crippen LogP contribution in [0.5, 0.6) is 0 Å². The van der Waals surface area contributed by atoms with Crippen LogP contribution in [-0.2, 0) is 34.1 Å². The van der Waals surface area contributed by atoms with Crippen LogP contribution in [0.15, 0.2) is 34.0 Å². The van der Waals surface area contributed by atoms with Gasteiger partial charge in [0.05, 0.1) is 15.8 Å². The molecule has 2 aliphatic rings. The van der Waals surface area contributed by atoms with Gasteiger partial charge in [-0.2, -0.15) is 9.57 Å². The Bertz CT molecular complexity index is 1480. The van der Waals surface area contributed by atoms with Gasteiger partial charge in [-0.1, -0.05) is 12.1 Å². The van der Waals surface area contributed by atoms with Crippen LogP contribution in [-0.4, -0.2) is 59.7 Å². The molecule has 1 aromatic carbocycles. The maximum absolute atomic E-state index is 13.0. The predicted octanol–water partition coefficient (Wildman–Crippen LogP) is 1.81. The van der Waals surface area contributed by atoms with E-state index in [1.54, 1.807) is 28.4 Å². The van der Waals surface area contributed by atoms with Crippen molar-refractivity contribution >= 4 is 37.5 Å². The van der Waals surface area contributed by atoms with E-state index >= 15 is 0 Å². The number of nitriles is 1. The minimum absolute atomic E-state index is 0.0118. The summed E-state index contributed by atoms with van der Waals surface area (Å²) in [6.45, 7) is 0.867. The molecule has 1 amide bonds. The van der Waals surface area contributed by atoms with E-state index in [1.165, 1.54) is 21.3 Å². The molecule has 11 heteroatoms. The standard InChI is InChI=1S/C23H23N5O4S2/c24-14-15-4-1-2-7-18(15)34(31,32)28-12-10-27(11-13-28)20(29)9-8-19-25-22(30)21-16-5-3-6-17(16)33-23(21)26-19/h1-2,4,7H,3,5-6,8-13H2,(H,25,26,30). The average Bonchev–Trinajstić information content (AvgIpc) is 3.43. The number of piperazine rings is 1. The van der Waals surface area contributed by atoms with Crippen LogP contribution in [0.3, 0.4) is 0 Å². The smallest absolute Gasteiger partial charge is 0.259 e. The summed E-state index contributed by atoms with van der Waals surface area (Å²) in [5.74, 6) is 0.394. The number of sulfonamides is 1. The highest BCUT2D eigenvalue weighted by molar-refractivity contribution is 7.89. The summed E-state index contributed by atoms with van der Waals surface area (Å²) in [4.78, 5) is 36.4. The van der Waals surface area contributed by atoms with Crippen molar-refractivity contribution in [2.45, 2.75) is 37.0 Å². The van der Waals surface area contributed by atoms with Crippen LogP contribution in [0.2, 0.25) is 0 Å². The highest BCUT2D eigenvalue weighted by atomic mass is 32.2. The van der Waals surface area contributed by atoms with Crippen molar-refractivity contribution < 1.29 is 13.2 Å². The first-order valence-electron chi connectivity index (χ1n) is 11.2. The van der Waals surface area contributed by atoms with Crippen molar-refractivity contribution in [2.75, 3.05) is 26.2 Å². The minimum Gasteiger partial charge on any atom is -0.340 e. The molecule has 1 aliphatic heterocycles. The van der Waals surface area contributed by atoms with Gasteiger partial charge in [-0.25, -0.2) is 13.4 Å². The molecule has 34 heavy (non-hydrogen) atoms. The highest BCUT2D eigenvalue weighted by Crippen LogP contribution is 2.34. The largest absolute Gasteiger partial charge is 0.340 e. The van der Waals surface area contributed by atoms with E-state index < -0.39 is 10.0 Å². The van der Waals surface area contributed by atoms with Gasteiger partial charge in [-0.05, 0) is 37.0 Å². The van der Waals surface area contributed by atoms with Gasteiger partial charge in [0.15, 0.2) is 0 Å². The first kappa shape index (κ1) is 22.7. The third-order valence-electron chi connectivity index (χ3n) is 6.42. The first-order valence-corrected chi connectivity index (χ1v) is 13.4. The zero-order chi connectivity index (χ0) is 23.9. The van der Waals surface area contributed by atoms with Gasteiger partial charge >= 0.3 is 0 Å². The summed E-state index contributed by atoms with van der Waals surface area (Å²) in [5, 5.41) is 9.94. The fourth-order valence-electron chi connectivity index (χ4n) is 4.65. The molecule has 1 saturated heterocycles. The van der Waals surface area contributed by atoms with Gasteiger partial charge in [0.2, 0.25) is 15.9 Å². The van der Waals surface area contributed by atoms with Gasteiger partial charge in [0.1, 0.15) is 16.7 Å². The molecule has 0 saturated carbocycles. The quantitative estimate of drug-likeness (QED) is 0.573. The molecule has 2 aromatic heterocycles. The summed E-state index contributed by atoms with van der Waals surface area (Å²) < 4.78 is 27.3. The third-order valence-corrected chi connectivity index (χ3v) is 9.56. The van der Waals surface area contributed by atoms with Gasteiger partial charge in [0, 0.05) is 43.9 Å². The van der Waals surface area contributed by atoms with Gasteiger partial charge in [-0.3, -0.25) is 9.59 Å². The number of H-pyrrole nitrogens is 1. The second-order valence-electron chi connectivity index (χ2n) is 8.44. The molecule has 5 rings (SSSR count). The summed E-state index contributed by atoms with van der Waals surface area (Å²) in [7, 11) is -3.81. The Balaban J connectivity index is 1.21. The number of hydrogen-bond acceptors (Lipinski definition) is 7. The Hall–Kier alpha value is -3.07. The number of nitrogens with zero attached hydrogens (tertiary/aromatic N) is 4. The number of fused-ring (bicyclic) bond motifs is 3. The van der Waals surface area contributed by atoms with E-state index in [1.807, 2.05) is 6.07 Å². The number of aromatic amines is 1. The Labute approximate surface area is 200 Å². The van der Waals surface area contributed by atoms with Crippen molar-refractivity contribution in [2.24, 2.45) is 0 Å². The molecule has 0 spiro atoms. The summed E-state index contributed by atoms with van der Waals surface area (Å²) in [6.07, 6.45) is 3.49. The molecule has 0 atom stereocenters. The zero-order valence-electron chi connectivity index (χ0n) is 18.4. The lowest BCUT2D eigenvalue weighted by molar-refractivity contribution is -0.132. The number of aromatic nitrogens is 2. The number of thiophene rings is 1. The van der Waals surface area contributed by atoms with Crippen LogP contribution in [0.25, 0.3) is 10.2 Å². The second-order valence-corrected chi connectivity index (χ2v) is 11.4. The van der Waals surface area contributed by atoms with Crippen molar-refractivity contribution in [3.05, 3.63) is 56.4 Å². The molecule has 1 N–H and O–H groups in total. The van der Waals surface area contributed by atoms with E-state index in [0.717, 1.165) is 29.7 Å². The number of carbonyl (C=O) groups excluding carboxylic acids is 1. The fourth-order valence-corrected chi connectivity index (χ4v) is 7.49. The van der Waals surface area contributed by atoms with Crippen molar-refractivity contribution in [1.29, 1.82) is 5.26 Å². The Kier molecular flexibility index (Phi) is 5.97. The lowest BCUT2D eigenvalue weighted by Crippen LogP contribution is -2.50. The monoisotopic (exact) mass is 497 g/mol. The number of aryl methyl sites for hydroxylation is 3. The van der Waals surface area contributed by atoms with Gasteiger partial charge < -0.3 is 9.88 Å². The molecular weight excluding hydrogens is 474 g/mol. The van der Waals surface area contributed by atoms with Crippen LogP contribution >= 0.6 is 11.3 Å². The van der Waals surface area contributed by atoms with E-state index in [4.69, 9.17) is 0 Å². The first-order chi connectivity index (χ1) is 16.4. The molecule has 0 bridgehead atoms. The number of benzene rings is 1. The van der Waals surface area contributed by atoms with Crippen LogP contribution < -0.4 is 5.56 Å². The maximum Gasteiger partial charge on any atom is 0.259 e. The SMILES string of the molecule is N#Cc1ccccc1S(=O)(=O)N1CCN(C(=O)CCc2nc3sc4c(c3c(=O)[nH]2)CCC4)CC1. The van der Waals surface area contributed by atoms with E-state index in [0.29, 0.717) is 17.6 Å². The third kappa shape index (κ3) is 4.02. The van der Waals surface area contributed by atoms with E-state index in [-0.39, 0.29) is 54.5 Å². The molecule has 0 unspecified atom stereocenters. The fraction of sp³-hybridized carbons (Fsp3) is 0.391. The van der Waals surface area contributed by atoms with Crippen molar-refractivity contribution in [3.8, 4) is 6.07 Å². The number of nitrogens with one attached hydrogen (secondary N) is 1. The van der Waals surface area contributed by atoms with Crippen molar-refractivity contribution in [1.82, 2.24) is 19.2 Å². The summed E-state index contributed by atoms with van der Waals surface area (Å²) >= 11 is 1.57. The van der Waals surface area contributed by atoms with Gasteiger partial charge in [-0.15, -0.1) is 11.3 Å². The number of rotatable bonds is 5. The maximum atomic E-state index is 13.0. The Morgan fingerprint density at radius 2 is 1.94 bits per heavy atom. The molecular formula is C23H23N5O4S2. The zero-order valence-corrected chi connectivity index (χ0v) is 20.0. The highest BCUT2D eigenvalue weighted by Gasteiger charge is 2.31. The second kappa shape index (κ2) is 8.94. The lowest BCUT2D eigenvalue weighted by Gasteiger charge is -2.34. The summed E-state index contributed by atoms with van der Waals surface area (Å²) in [5.41, 5.74) is 1.10. The molecule has 9 nitrogen and oxygen atoms in total. The normalized spacial score (nSPS) is 16.5. The van der Waals surface area contributed by atoms with E-state index in [2.05, 4.69) is 9.97 Å². The molecule has 3 heterocycles. The number of hydrogen-bond donors (Lipinski definition) is 1. The molecule has 1 fully saturated rings. The van der Waals surface area contributed by atoms with Crippen LogP contribution in [0.1, 0.15) is 34.7 Å². The average molecular weight is 498 g/mol. The predicted molar refractivity (Wildman–Crippen MR) is 127 cm³/mol. The number of amides is 1. The molecule has 1 aliphatic carbocycles. The molecule has 176 valence electrons. The Morgan fingerprint density at radius 1 is 1.18 bits per heavy atom. The number of carbonyl (C=O) groups is 1. The molecule has 3 aromatic rings.